The van der Waals surface area contributed by atoms with Crippen LogP contribution in [0.5, 0.6) is 0 Å². The smallest absolute Gasteiger partial charge is 0.355 e. The van der Waals surface area contributed by atoms with E-state index in [1.165, 1.54) is 11.3 Å². The molecule has 5 heteroatoms. The highest BCUT2D eigenvalue weighted by atomic mass is 32.1. The van der Waals surface area contributed by atoms with Crippen molar-refractivity contribution in [3.63, 3.8) is 0 Å². The summed E-state index contributed by atoms with van der Waals surface area (Å²) in [5.41, 5.74) is 1.35. The molecule has 0 amide bonds. The molecule has 0 atom stereocenters. The first kappa shape index (κ1) is 13.5. The SMILES string of the molecule is CC(C)(C)Cc1nc(C(=O)O)c2c(C3CC3)csc2n1. The zero-order valence-corrected chi connectivity index (χ0v) is 12.8. The highest BCUT2D eigenvalue weighted by molar-refractivity contribution is 7.17. The van der Waals surface area contributed by atoms with Crippen molar-refractivity contribution < 1.29 is 9.90 Å². The third-order valence-electron chi connectivity index (χ3n) is 3.42. The van der Waals surface area contributed by atoms with Gasteiger partial charge in [-0.25, -0.2) is 14.8 Å². The molecule has 4 nitrogen and oxygen atoms in total. The van der Waals surface area contributed by atoms with E-state index in [-0.39, 0.29) is 11.1 Å². The number of aromatic nitrogens is 2. The van der Waals surface area contributed by atoms with E-state index in [9.17, 15) is 9.90 Å². The number of fused-ring (bicyclic) bond motifs is 1. The van der Waals surface area contributed by atoms with Crippen LogP contribution < -0.4 is 0 Å². The molecule has 0 spiro atoms. The summed E-state index contributed by atoms with van der Waals surface area (Å²) in [6, 6.07) is 0. The Labute approximate surface area is 121 Å². The summed E-state index contributed by atoms with van der Waals surface area (Å²) in [6.45, 7) is 6.31. The molecule has 0 aliphatic heterocycles. The molecule has 2 aromatic rings. The van der Waals surface area contributed by atoms with Crippen molar-refractivity contribution in [1.29, 1.82) is 0 Å². The molecule has 0 bridgehead atoms. The third-order valence-corrected chi connectivity index (χ3v) is 4.31. The van der Waals surface area contributed by atoms with E-state index in [0.29, 0.717) is 18.2 Å². The van der Waals surface area contributed by atoms with E-state index in [1.807, 2.05) is 0 Å². The number of carboxylic acid groups (broad SMARTS) is 1. The lowest BCUT2D eigenvalue weighted by atomic mass is 9.92. The van der Waals surface area contributed by atoms with E-state index in [0.717, 1.165) is 28.6 Å². The largest absolute Gasteiger partial charge is 0.476 e. The molecule has 2 heterocycles. The number of hydrogen-bond donors (Lipinski definition) is 1. The second-order valence-electron chi connectivity index (χ2n) is 6.68. The molecule has 1 saturated carbocycles. The Morgan fingerprint density at radius 3 is 2.65 bits per heavy atom. The summed E-state index contributed by atoms with van der Waals surface area (Å²) in [5, 5.41) is 12.3. The number of rotatable bonds is 3. The van der Waals surface area contributed by atoms with Gasteiger partial charge in [0.1, 0.15) is 10.7 Å². The normalized spacial score (nSPS) is 15.8. The fourth-order valence-corrected chi connectivity index (χ4v) is 3.45. The Morgan fingerprint density at radius 2 is 2.10 bits per heavy atom. The maximum atomic E-state index is 11.5. The van der Waals surface area contributed by atoms with Crippen LogP contribution in [0.25, 0.3) is 10.2 Å². The molecule has 1 fully saturated rings. The summed E-state index contributed by atoms with van der Waals surface area (Å²) in [7, 11) is 0. The van der Waals surface area contributed by atoms with Crippen molar-refractivity contribution in [3.05, 3.63) is 22.5 Å². The number of thiophene rings is 1. The van der Waals surface area contributed by atoms with Gasteiger partial charge in [0, 0.05) is 11.8 Å². The number of carbonyl (C=O) groups is 1. The molecule has 106 valence electrons. The van der Waals surface area contributed by atoms with Gasteiger partial charge in [-0.3, -0.25) is 0 Å². The Kier molecular flexibility index (Phi) is 3.05. The number of nitrogens with zero attached hydrogens (tertiary/aromatic N) is 2. The van der Waals surface area contributed by atoms with Crippen LogP contribution in [0.3, 0.4) is 0 Å². The molecule has 1 aliphatic carbocycles. The highest BCUT2D eigenvalue weighted by Crippen LogP contribution is 2.45. The minimum atomic E-state index is -0.951. The topological polar surface area (TPSA) is 63.1 Å². The molecule has 1 aliphatic rings. The maximum Gasteiger partial charge on any atom is 0.355 e. The molecule has 0 saturated heterocycles. The standard InChI is InChI=1S/C15H18N2O2S/c1-15(2,3)6-10-16-12(14(18)19)11-9(8-4-5-8)7-20-13(11)17-10/h7-8H,4-6H2,1-3H3,(H,18,19). The third kappa shape index (κ3) is 2.54. The first-order valence-corrected chi connectivity index (χ1v) is 7.74. The molecule has 3 rings (SSSR count). The summed E-state index contributed by atoms with van der Waals surface area (Å²) in [4.78, 5) is 21.3. The zero-order valence-electron chi connectivity index (χ0n) is 11.9. The molecule has 20 heavy (non-hydrogen) atoms. The van der Waals surface area contributed by atoms with E-state index < -0.39 is 5.97 Å². The van der Waals surface area contributed by atoms with Crippen LogP contribution in [0.2, 0.25) is 0 Å². The second kappa shape index (κ2) is 4.52. The van der Waals surface area contributed by atoms with Crippen molar-refractivity contribution in [2.24, 2.45) is 5.41 Å². The summed E-state index contributed by atoms with van der Waals surface area (Å²) in [5.74, 6) is 0.193. The van der Waals surface area contributed by atoms with Gasteiger partial charge >= 0.3 is 5.97 Å². The lowest BCUT2D eigenvalue weighted by Crippen LogP contribution is -2.14. The maximum absolute atomic E-state index is 11.5. The minimum Gasteiger partial charge on any atom is -0.476 e. The van der Waals surface area contributed by atoms with Crippen molar-refractivity contribution in [2.75, 3.05) is 0 Å². The summed E-state index contributed by atoms with van der Waals surface area (Å²) >= 11 is 1.54. The van der Waals surface area contributed by atoms with Crippen LogP contribution in [0.1, 0.15) is 61.4 Å². The Hall–Kier alpha value is -1.49. The molecule has 0 unspecified atom stereocenters. The Balaban J connectivity index is 2.15. The Morgan fingerprint density at radius 1 is 1.40 bits per heavy atom. The van der Waals surface area contributed by atoms with Crippen molar-refractivity contribution in [2.45, 2.75) is 46.0 Å². The first-order valence-electron chi connectivity index (χ1n) is 6.86. The number of carboxylic acids is 1. The van der Waals surface area contributed by atoms with Gasteiger partial charge in [-0.2, -0.15) is 0 Å². The van der Waals surface area contributed by atoms with Crippen LogP contribution in [-0.4, -0.2) is 21.0 Å². The van der Waals surface area contributed by atoms with E-state index in [1.54, 1.807) is 0 Å². The first-order chi connectivity index (χ1) is 9.35. The second-order valence-corrected chi connectivity index (χ2v) is 7.53. The van der Waals surface area contributed by atoms with Gasteiger partial charge in [0.05, 0.1) is 0 Å². The molecule has 1 N–H and O–H groups in total. The zero-order chi connectivity index (χ0) is 14.5. The van der Waals surface area contributed by atoms with Gasteiger partial charge in [-0.15, -0.1) is 11.3 Å². The van der Waals surface area contributed by atoms with Gasteiger partial charge in [0.2, 0.25) is 0 Å². The van der Waals surface area contributed by atoms with Gasteiger partial charge in [0.15, 0.2) is 5.69 Å². The van der Waals surface area contributed by atoms with Crippen LogP contribution in [0, 0.1) is 5.41 Å². The minimum absolute atomic E-state index is 0.0417. The number of hydrogen-bond acceptors (Lipinski definition) is 4. The predicted octanol–water partition coefficient (Wildman–Crippen LogP) is 3.86. The quantitative estimate of drug-likeness (QED) is 0.932. The van der Waals surface area contributed by atoms with E-state index in [4.69, 9.17) is 0 Å². The average molecular weight is 290 g/mol. The fraction of sp³-hybridized carbons (Fsp3) is 0.533. The van der Waals surface area contributed by atoms with Crippen LogP contribution in [-0.2, 0) is 6.42 Å². The molecular formula is C15H18N2O2S. The Bertz CT molecular complexity index is 681. The molecule has 0 radical (unpaired) electrons. The van der Waals surface area contributed by atoms with Crippen LogP contribution in [0.15, 0.2) is 5.38 Å². The summed E-state index contributed by atoms with van der Waals surface area (Å²) in [6.07, 6.45) is 2.98. The summed E-state index contributed by atoms with van der Waals surface area (Å²) < 4.78 is 0. The number of aromatic carboxylic acids is 1. The van der Waals surface area contributed by atoms with Crippen molar-refractivity contribution in [1.82, 2.24) is 9.97 Å². The van der Waals surface area contributed by atoms with Crippen LogP contribution >= 0.6 is 11.3 Å². The lowest BCUT2D eigenvalue weighted by molar-refractivity contribution is 0.0692. The monoisotopic (exact) mass is 290 g/mol. The van der Waals surface area contributed by atoms with Gasteiger partial charge in [-0.1, -0.05) is 20.8 Å². The van der Waals surface area contributed by atoms with Crippen molar-refractivity contribution >= 4 is 27.5 Å². The van der Waals surface area contributed by atoms with Crippen LogP contribution in [0.4, 0.5) is 0 Å². The van der Waals surface area contributed by atoms with Gasteiger partial charge in [0.25, 0.3) is 0 Å². The van der Waals surface area contributed by atoms with E-state index in [2.05, 4.69) is 36.1 Å². The molecular weight excluding hydrogens is 272 g/mol. The van der Waals surface area contributed by atoms with Gasteiger partial charge < -0.3 is 5.11 Å². The van der Waals surface area contributed by atoms with Gasteiger partial charge in [-0.05, 0) is 35.1 Å². The predicted molar refractivity (Wildman–Crippen MR) is 79.5 cm³/mol. The lowest BCUT2D eigenvalue weighted by Gasteiger charge is -2.17. The van der Waals surface area contributed by atoms with E-state index >= 15 is 0 Å². The molecule has 2 aromatic heterocycles. The van der Waals surface area contributed by atoms with Crippen molar-refractivity contribution in [3.8, 4) is 0 Å². The fourth-order valence-electron chi connectivity index (χ4n) is 2.41. The average Bonchev–Trinajstić information content (AvgIpc) is 3.07. The molecule has 0 aromatic carbocycles. The highest BCUT2D eigenvalue weighted by Gasteiger charge is 2.30.